The van der Waals surface area contributed by atoms with Crippen LogP contribution in [0.25, 0.3) is 11.5 Å². The Kier molecular flexibility index (Phi) is 8.20. The van der Waals surface area contributed by atoms with E-state index in [4.69, 9.17) is 9.47 Å². The molecule has 4 rings (SSSR count). The van der Waals surface area contributed by atoms with Gasteiger partial charge in [-0.1, -0.05) is 6.07 Å². The first kappa shape index (κ1) is 28.0. The summed E-state index contributed by atoms with van der Waals surface area (Å²) in [6.45, 7) is 8.86. The van der Waals surface area contributed by atoms with Crippen LogP contribution >= 0.6 is 0 Å². The molecule has 0 spiro atoms. The lowest BCUT2D eigenvalue weighted by Gasteiger charge is -2.26. The van der Waals surface area contributed by atoms with E-state index in [0.717, 1.165) is 5.56 Å². The van der Waals surface area contributed by atoms with Crippen LogP contribution in [0.3, 0.4) is 0 Å². The van der Waals surface area contributed by atoms with Gasteiger partial charge in [0.25, 0.3) is 0 Å². The number of aryl methyl sites for hydroxylation is 2. The second-order valence-electron chi connectivity index (χ2n) is 9.28. The number of anilines is 1. The van der Waals surface area contributed by atoms with Crippen LogP contribution in [-0.4, -0.2) is 71.4 Å². The van der Waals surface area contributed by atoms with Crippen molar-refractivity contribution in [1.82, 2.24) is 44.5 Å². The number of sulfonamides is 1. The highest BCUT2D eigenvalue weighted by molar-refractivity contribution is 7.93. The van der Waals surface area contributed by atoms with E-state index in [1.54, 1.807) is 46.9 Å². The summed E-state index contributed by atoms with van der Waals surface area (Å²) >= 11 is 0. The number of ether oxygens (including phenoxy) is 2. The van der Waals surface area contributed by atoms with Crippen molar-refractivity contribution in [1.29, 1.82) is 0 Å². The Morgan fingerprint density at radius 2 is 1.74 bits per heavy atom. The van der Waals surface area contributed by atoms with Crippen molar-refractivity contribution in [3.8, 4) is 17.4 Å². The van der Waals surface area contributed by atoms with Crippen LogP contribution in [0.4, 0.5) is 5.95 Å². The van der Waals surface area contributed by atoms with Crippen LogP contribution in [0.5, 0.6) is 5.88 Å². The fourth-order valence-corrected chi connectivity index (χ4v) is 5.05. The van der Waals surface area contributed by atoms with Gasteiger partial charge in [0, 0.05) is 25.5 Å². The number of pyridine rings is 1. The minimum atomic E-state index is -4.10. The molecule has 39 heavy (non-hydrogen) atoms. The first-order chi connectivity index (χ1) is 18.5. The molecule has 3 atom stereocenters. The molecule has 0 aromatic carbocycles. The third-order valence-electron chi connectivity index (χ3n) is 5.99. The topological polar surface area (TPSA) is 165 Å². The van der Waals surface area contributed by atoms with Gasteiger partial charge in [0.1, 0.15) is 29.2 Å². The zero-order valence-electron chi connectivity index (χ0n) is 22.8. The average Bonchev–Trinajstić information content (AvgIpc) is 3.52. The quantitative estimate of drug-likeness (QED) is 0.288. The van der Waals surface area contributed by atoms with Gasteiger partial charge in [-0.2, -0.15) is 5.10 Å². The monoisotopic (exact) mass is 556 g/mol. The van der Waals surface area contributed by atoms with Gasteiger partial charge in [-0.15, -0.1) is 10.2 Å². The van der Waals surface area contributed by atoms with Crippen LogP contribution in [0.2, 0.25) is 0 Å². The summed E-state index contributed by atoms with van der Waals surface area (Å²) in [5.41, 5.74) is 1.28. The average molecular weight is 557 g/mol. The molecule has 14 nitrogen and oxygen atoms in total. The molecule has 1 N–H and O–H groups in total. The van der Waals surface area contributed by atoms with Gasteiger partial charge in [0.15, 0.2) is 11.6 Å². The number of methoxy groups -OCH3 is 1. The lowest BCUT2D eigenvalue weighted by molar-refractivity contribution is 0.00152. The van der Waals surface area contributed by atoms with Crippen molar-refractivity contribution in [2.45, 2.75) is 58.1 Å². The molecule has 0 saturated carbocycles. The molecule has 0 aliphatic heterocycles. The minimum Gasteiger partial charge on any atom is -0.481 e. The maximum atomic E-state index is 13.7. The summed E-state index contributed by atoms with van der Waals surface area (Å²) in [5, 5.41) is 11.5. The number of hydrogen-bond donors (Lipinski definition) is 1. The summed E-state index contributed by atoms with van der Waals surface area (Å²) in [6.07, 6.45) is 3.45. The third kappa shape index (κ3) is 6.04. The van der Waals surface area contributed by atoms with E-state index >= 15 is 0 Å². The molecule has 15 heteroatoms. The molecule has 4 aromatic heterocycles. The molecule has 0 aliphatic rings. The molecule has 4 heterocycles. The Bertz CT molecular complexity index is 1520. The van der Waals surface area contributed by atoms with Crippen molar-refractivity contribution in [3.63, 3.8) is 0 Å². The van der Waals surface area contributed by atoms with Crippen molar-refractivity contribution in [3.05, 3.63) is 54.1 Å². The van der Waals surface area contributed by atoms with Crippen molar-refractivity contribution in [2.24, 2.45) is 7.05 Å². The first-order valence-corrected chi connectivity index (χ1v) is 13.8. The van der Waals surface area contributed by atoms with E-state index in [9.17, 15) is 8.42 Å². The van der Waals surface area contributed by atoms with E-state index in [0.29, 0.717) is 23.2 Å². The molecule has 0 fully saturated rings. The second-order valence-corrected chi connectivity index (χ2v) is 11.3. The molecule has 0 bridgehead atoms. The Morgan fingerprint density at radius 1 is 1.03 bits per heavy atom. The fraction of sp³-hybridized carbons (Fsp3) is 0.458. The molecule has 0 radical (unpaired) electrons. The highest BCUT2D eigenvalue weighted by atomic mass is 32.2. The van der Waals surface area contributed by atoms with Crippen LogP contribution in [0.15, 0.2) is 36.9 Å². The minimum absolute atomic E-state index is 0.0231. The SMILES string of the molecule is COc1cccc(-c2nnc(NS(=O)(=O)[C@@H](C)[C@@H](OC(C)C)c3ncc(C)cn3)n2[C@@H](C)c2ncnn2C)n1. The van der Waals surface area contributed by atoms with Crippen molar-refractivity contribution < 1.29 is 17.9 Å². The number of rotatable bonds is 11. The summed E-state index contributed by atoms with van der Waals surface area (Å²) in [5.74, 6) is 1.48. The molecular weight excluding hydrogens is 524 g/mol. The van der Waals surface area contributed by atoms with Gasteiger partial charge in [-0.3, -0.25) is 14.0 Å². The smallest absolute Gasteiger partial charge is 0.240 e. The van der Waals surface area contributed by atoms with Gasteiger partial charge < -0.3 is 9.47 Å². The third-order valence-corrected chi connectivity index (χ3v) is 7.68. The molecule has 0 amide bonds. The van der Waals surface area contributed by atoms with E-state index in [1.807, 2.05) is 27.7 Å². The molecule has 0 unspecified atom stereocenters. The van der Waals surface area contributed by atoms with Crippen LogP contribution in [0.1, 0.15) is 57.1 Å². The summed E-state index contributed by atoms with van der Waals surface area (Å²) in [6, 6.07) is 4.67. The van der Waals surface area contributed by atoms with Crippen molar-refractivity contribution >= 4 is 16.0 Å². The Morgan fingerprint density at radius 3 is 2.36 bits per heavy atom. The van der Waals surface area contributed by atoms with Gasteiger partial charge in [-0.05, 0) is 46.2 Å². The van der Waals surface area contributed by atoms with E-state index < -0.39 is 27.4 Å². The highest BCUT2D eigenvalue weighted by Crippen LogP contribution is 2.31. The lowest BCUT2D eigenvalue weighted by Crippen LogP contribution is -2.35. The van der Waals surface area contributed by atoms with Crippen LogP contribution < -0.4 is 9.46 Å². The summed E-state index contributed by atoms with van der Waals surface area (Å²) in [4.78, 5) is 17.4. The largest absolute Gasteiger partial charge is 0.481 e. The van der Waals surface area contributed by atoms with E-state index in [-0.39, 0.29) is 17.9 Å². The van der Waals surface area contributed by atoms with E-state index in [1.165, 1.54) is 20.4 Å². The summed E-state index contributed by atoms with van der Waals surface area (Å²) < 4.78 is 44.5. The van der Waals surface area contributed by atoms with Gasteiger partial charge in [0.2, 0.25) is 21.9 Å². The Labute approximate surface area is 226 Å². The zero-order valence-corrected chi connectivity index (χ0v) is 23.7. The van der Waals surface area contributed by atoms with Gasteiger partial charge in [0.05, 0.1) is 19.3 Å². The highest BCUT2D eigenvalue weighted by Gasteiger charge is 2.36. The number of nitrogens with zero attached hydrogens (tertiary/aromatic N) is 9. The molecule has 0 aliphatic carbocycles. The predicted molar refractivity (Wildman–Crippen MR) is 142 cm³/mol. The first-order valence-electron chi connectivity index (χ1n) is 12.3. The molecular formula is C24H32N10O4S. The molecule has 4 aromatic rings. The van der Waals surface area contributed by atoms with E-state index in [2.05, 4.69) is 40.0 Å². The van der Waals surface area contributed by atoms with Gasteiger partial charge in [-0.25, -0.2) is 28.4 Å². The zero-order chi connectivity index (χ0) is 28.3. The number of hydrogen-bond acceptors (Lipinski definition) is 11. The van der Waals surface area contributed by atoms with Crippen LogP contribution in [0, 0.1) is 6.92 Å². The fourth-order valence-electron chi connectivity index (χ4n) is 3.96. The normalized spacial score (nSPS) is 14.3. The maximum absolute atomic E-state index is 13.7. The molecule has 0 saturated heterocycles. The Hall–Kier alpha value is -3.98. The van der Waals surface area contributed by atoms with Crippen LogP contribution in [-0.2, 0) is 21.8 Å². The second kappa shape index (κ2) is 11.4. The number of aromatic nitrogens is 9. The predicted octanol–water partition coefficient (Wildman–Crippen LogP) is 2.48. The lowest BCUT2D eigenvalue weighted by atomic mass is 10.2. The summed E-state index contributed by atoms with van der Waals surface area (Å²) in [7, 11) is -0.848. The maximum Gasteiger partial charge on any atom is 0.240 e. The standard InChI is InChI=1S/C24H32N10O4S/c1-14(2)38-20(21-25-11-15(3)12-26-21)17(5)39(35,36)32-24-31-30-23(18-9-8-10-19(29-18)37-7)34(24)16(4)22-27-13-28-33(22)6/h8-14,16-17,20H,1-7H3,(H,31,32)/t16-,17-,20+/m0/s1. The number of nitrogens with one attached hydrogen (secondary N) is 1. The van der Waals surface area contributed by atoms with Gasteiger partial charge >= 0.3 is 0 Å². The molecule has 208 valence electrons. The Balaban J connectivity index is 1.76. The van der Waals surface area contributed by atoms with Crippen molar-refractivity contribution in [2.75, 3.05) is 11.8 Å².